The average Bonchev–Trinajstić information content (AvgIpc) is 2.31. The SMILES string of the molecule is Nc1cc(C2CCCCC2)ccc1OC(F)(F)F. The number of ether oxygens (including phenoxy) is 1. The van der Waals surface area contributed by atoms with E-state index in [0.29, 0.717) is 5.92 Å². The summed E-state index contributed by atoms with van der Waals surface area (Å²) in [5.41, 5.74) is 6.68. The maximum atomic E-state index is 12.1. The number of nitrogen functional groups attached to an aromatic ring is 1. The zero-order valence-corrected chi connectivity index (χ0v) is 9.96. The van der Waals surface area contributed by atoms with Gasteiger partial charge in [0.25, 0.3) is 0 Å². The van der Waals surface area contributed by atoms with Gasteiger partial charge in [0.1, 0.15) is 0 Å². The highest BCUT2D eigenvalue weighted by molar-refractivity contribution is 5.55. The molecule has 0 amide bonds. The van der Waals surface area contributed by atoms with Crippen LogP contribution in [0.5, 0.6) is 5.75 Å². The van der Waals surface area contributed by atoms with Crippen LogP contribution in [-0.4, -0.2) is 6.36 Å². The monoisotopic (exact) mass is 259 g/mol. The van der Waals surface area contributed by atoms with Gasteiger partial charge in [0.05, 0.1) is 5.69 Å². The molecular formula is C13H16F3NO. The third-order valence-electron chi connectivity index (χ3n) is 3.34. The molecule has 0 bridgehead atoms. The van der Waals surface area contributed by atoms with Gasteiger partial charge in [-0.1, -0.05) is 25.3 Å². The summed E-state index contributed by atoms with van der Waals surface area (Å²) in [5.74, 6) is 0.100. The summed E-state index contributed by atoms with van der Waals surface area (Å²) in [4.78, 5) is 0. The number of nitrogens with two attached hydrogens (primary N) is 1. The molecule has 2 rings (SSSR count). The van der Waals surface area contributed by atoms with Crippen LogP contribution in [0.2, 0.25) is 0 Å². The van der Waals surface area contributed by atoms with E-state index in [2.05, 4.69) is 4.74 Å². The molecule has 100 valence electrons. The second-order valence-corrected chi connectivity index (χ2v) is 4.68. The molecule has 0 aliphatic heterocycles. The minimum Gasteiger partial charge on any atom is -0.404 e. The minimum absolute atomic E-state index is 0.0513. The van der Waals surface area contributed by atoms with Crippen molar-refractivity contribution in [3.05, 3.63) is 23.8 Å². The Labute approximate surface area is 104 Å². The lowest BCUT2D eigenvalue weighted by Crippen LogP contribution is -2.18. The topological polar surface area (TPSA) is 35.2 Å². The van der Waals surface area contributed by atoms with Gasteiger partial charge in [-0.3, -0.25) is 0 Å². The Bertz CT molecular complexity index is 411. The molecule has 1 aromatic carbocycles. The van der Waals surface area contributed by atoms with E-state index in [4.69, 9.17) is 5.73 Å². The molecule has 2 N–H and O–H groups in total. The van der Waals surface area contributed by atoms with E-state index in [9.17, 15) is 13.2 Å². The Hall–Kier alpha value is -1.39. The highest BCUT2D eigenvalue weighted by atomic mass is 19.4. The number of halogens is 3. The van der Waals surface area contributed by atoms with Gasteiger partial charge in [0.2, 0.25) is 0 Å². The molecule has 18 heavy (non-hydrogen) atoms. The molecule has 5 heteroatoms. The summed E-state index contributed by atoms with van der Waals surface area (Å²) in [6.45, 7) is 0. The van der Waals surface area contributed by atoms with Crippen molar-refractivity contribution in [1.29, 1.82) is 0 Å². The van der Waals surface area contributed by atoms with Crippen LogP contribution >= 0.6 is 0 Å². The van der Waals surface area contributed by atoms with E-state index in [-0.39, 0.29) is 11.4 Å². The molecule has 0 heterocycles. The Morgan fingerprint density at radius 3 is 2.33 bits per heavy atom. The van der Waals surface area contributed by atoms with Gasteiger partial charge in [-0.2, -0.15) is 0 Å². The molecule has 0 atom stereocenters. The predicted octanol–water partition coefficient (Wildman–Crippen LogP) is 4.22. The van der Waals surface area contributed by atoms with Gasteiger partial charge in [-0.25, -0.2) is 0 Å². The lowest BCUT2D eigenvalue weighted by Gasteiger charge is -2.22. The summed E-state index contributed by atoms with van der Waals surface area (Å²) in [7, 11) is 0. The minimum atomic E-state index is -4.69. The zero-order chi connectivity index (χ0) is 13.2. The molecule has 0 spiro atoms. The van der Waals surface area contributed by atoms with Crippen molar-refractivity contribution in [2.45, 2.75) is 44.4 Å². The normalized spacial score (nSPS) is 17.7. The quantitative estimate of drug-likeness (QED) is 0.807. The molecular weight excluding hydrogens is 243 g/mol. The van der Waals surface area contributed by atoms with E-state index in [1.165, 1.54) is 25.3 Å². The largest absolute Gasteiger partial charge is 0.573 e. The van der Waals surface area contributed by atoms with Crippen molar-refractivity contribution < 1.29 is 17.9 Å². The van der Waals surface area contributed by atoms with Crippen LogP contribution < -0.4 is 10.5 Å². The second-order valence-electron chi connectivity index (χ2n) is 4.68. The summed E-state index contributed by atoms with van der Waals surface area (Å²) < 4.78 is 40.1. The van der Waals surface area contributed by atoms with Crippen molar-refractivity contribution in [3.63, 3.8) is 0 Å². The highest BCUT2D eigenvalue weighted by Gasteiger charge is 2.32. The van der Waals surface area contributed by atoms with Crippen LogP contribution in [0.25, 0.3) is 0 Å². The van der Waals surface area contributed by atoms with E-state index in [1.54, 1.807) is 12.1 Å². The van der Waals surface area contributed by atoms with E-state index in [1.807, 2.05) is 0 Å². The first-order chi connectivity index (χ1) is 8.46. The maximum absolute atomic E-state index is 12.1. The van der Waals surface area contributed by atoms with Crippen LogP contribution in [0.3, 0.4) is 0 Å². The molecule has 1 aromatic rings. The van der Waals surface area contributed by atoms with Crippen LogP contribution in [-0.2, 0) is 0 Å². The third kappa shape index (κ3) is 3.31. The summed E-state index contributed by atoms with van der Waals surface area (Å²) >= 11 is 0. The molecule has 0 unspecified atom stereocenters. The first-order valence-corrected chi connectivity index (χ1v) is 6.11. The van der Waals surface area contributed by atoms with E-state index >= 15 is 0 Å². The molecule has 1 aliphatic rings. The Morgan fingerprint density at radius 2 is 1.78 bits per heavy atom. The van der Waals surface area contributed by atoms with Gasteiger partial charge < -0.3 is 10.5 Å². The number of rotatable bonds is 2. The summed E-state index contributed by atoms with van der Waals surface area (Å²) in [6, 6.07) is 4.61. The Balaban J connectivity index is 2.13. The van der Waals surface area contributed by atoms with Gasteiger partial charge in [0, 0.05) is 0 Å². The van der Waals surface area contributed by atoms with Gasteiger partial charge in [-0.15, -0.1) is 13.2 Å². The van der Waals surface area contributed by atoms with E-state index < -0.39 is 6.36 Å². The second kappa shape index (κ2) is 5.08. The van der Waals surface area contributed by atoms with Crippen LogP contribution in [0, 0.1) is 0 Å². The van der Waals surface area contributed by atoms with Crippen molar-refractivity contribution >= 4 is 5.69 Å². The van der Waals surface area contributed by atoms with Crippen molar-refractivity contribution in [1.82, 2.24) is 0 Å². The maximum Gasteiger partial charge on any atom is 0.573 e. The van der Waals surface area contributed by atoms with Crippen molar-refractivity contribution in [2.24, 2.45) is 0 Å². The fourth-order valence-electron chi connectivity index (χ4n) is 2.47. The number of hydrogen-bond donors (Lipinski definition) is 1. The van der Waals surface area contributed by atoms with Crippen LogP contribution in [0.15, 0.2) is 18.2 Å². The lowest BCUT2D eigenvalue weighted by atomic mass is 9.84. The molecule has 1 saturated carbocycles. The number of alkyl halides is 3. The molecule has 0 saturated heterocycles. The first-order valence-electron chi connectivity index (χ1n) is 6.11. The molecule has 0 radical (unpaired) electrons. The standard InChI is InChI=1S/C13H16F3NO/c14-13(15,16)18-12-7-6-10(8-11(12)17)9-4-2-1-3-5-9/h6-9H,1-5,17H2. The van der Waals surface area contributed by atoms with Crippen molar-refractivity contribution in [3.8, 4) is 5.75 Å². The zero-order valence-electron chi connectivity index (χ0n) is 9.96. The van der Waals surface area contributed by atoms with Crippen LogP contribution in [0.1, 0.15) is 43.6 Å². The fraction of sp³-hybridized carbons (Fsp3) is 0.538. The van der Waals surface area contributed by atoms with Crippen LogP contribution in [0.4, 0.5) is 18.9 Å². The van der Waals surface area contributed by atoms with Gasteiger partial charge >= 0.3 is 6.36 Å². The predicted molar refractivity (Wildman–Crippen MR) is 63.4 cm³/mol. The van der Waals surface area contributed by atoms with Gasteiger partial charge in [0.15, 0.2) is 5.75 Å². The first kappa shape index (κ1) is 13.1. The smallest absolute Gasteiger partial charge is 0.404 e. The molecule has 2 nitrogen and oxygen atoms in total. The Morgan fingerprint density at radius 1 is 1.11 bits per heavy atom. The summed E-state index contributed by atoms with van der Waals surface area (Å²) in [5, 5.41) is 0. The number of hydrogen-bond acceptors (Lipinski definition) is 2. The molecule has 1 aliphatic carbocycles. The number of anilines is 1. The van der Waals surface area contributed by atoms with Gasteiger partial charge in [-0.05, 0) is 36.5 Å². The molecule has 0 aromatic heterocycles. The summed E-state index contributed by atoms with van der Waals surface area (Å²) in [6.07, 6.45) is 1.05. The third-order valence-corrected chi connectivity index (χ3v) is 3.34. The number of benzene rings is 1. The molecule has 1 fully saturated rings. The van der Waals surface area contributed by atoms with E-state index in [0.717, 1.165) is 18.4 Å². The fourth-order valence-corrected chi connectivity index (χ4v) is 2.47. The van der Waals surface area contributed by atoms with Crippen molar-refractivity contribution in [2.75, 3.05) is 5.73 Å². The lowest BCUT2D eigenvalue weighted by molar-refractivity contribution is -0.274. The highest BCUT2D eigenvalue weighted by Crippen LogP contribution is 2.36. The average molecular weight is 259 g/mol. The Kier molecular flexibility index (Phi) is 3.68.